The van der Waals surface area contributed by atoms with Gasteiger partial charge in [0.2, 0.25) is 10.0 Å². The van der Waals surface area contributed by atoms with Gasteiger partial charge in [0.25, 0.3) is 0 Å². The minimum Gasteiger partial charge on any atom is -0.489 e. The van der Waals surface area contributed by atoms with Crippen LogP contribution in [0.5, 0.6) is 5.75 Å². The number of hydrogen-bond acceptors (Lipinski definition) is 6. The summed E-state index contributed by atoms with van der Waals surface area (Å²) in [6.45, 7) is 3.83. The Morgan fingerprint density at radius 3 is 2.76 bits per heavy atom. The number of H-pyrrole nitrogens is 1. The van der Waals surface area contributed by atoms with Crippen LogP contribution >= 0.6 is 0 Å². The van der Waals surface area contributed by atoms with Gasteiger partial charge in [-0.1, -0.05) is 48.6 Å². The molecule has 0 bridgehead atoms. The van der Waals surface area contributed by atoms with E-state index in [9.17, 15) is 18.8 Å². The zero-order valence-electron chi connectivity index (χ0n) is 22.6. The van der Waals surface area contributed by atoms with Gasteiger partial charge >= 0.3 is 0 Å². The van der Waals surface area contributed by atoms with Gasteiger partial charge in [-0.05, 0) is 73.4 Å². The molecule has 206 valence electrons. The molecule has 0 spiro atoms. The fraction of sp³-hybridized carbons (Fsp3) is 0.188. The highest BCUT2D eigenvalue weighted by Crippen LogP contribution is 2.37. The van der Waals surface area contributed by atoms with E-state index in [4.69, 9.17) is 4.74 Å². The van der Waals surface area contributed by atoms with Crippen LogP contribution in [0.15, 0.2) is 96.7 Å². The minimum atomic E-state index is -3.92. The Morgan fingerprint density at radius 1 is 1.17 bits per heavy atom. The number of imidazole rings is 1. The number of aryl methyl sites for hydroxylation is 1. The van der Waals surface area contributed by atoms with E-state index in [0.29, 0.717) is 51.1 Å². The largest absolute Gasteiger partial charge is 0.489 e. The number of hydrogen-bond donors (Lipinski definition) is 2. The van der Waals surface area contributed by atoms with E-state index in [1.165, 1.54) is 3.97 Å². The molecule has 41 heavy (non-hydrogen) atoms. The lowest BCUT2D eigenvalue weighted by molar-refractivity contribution is 0.213. The Morgan fingerprint density at radius 2 is 1.98 bits per heavy atom. The van der Waals surface area contributed by atoms with Gasteiger partial charge in [-0.3, -0.25) is 0 Å². The average Bonchev–Trinajstić information content (AvgIpc) is 3.62. The van der Waals surface area contributed by atoms with Crippen LogP contribution in [0, 0.1) is 18.3 Å². The third-order valence-corrected chi connectivity index (χ3v) is 9.86. The quantitative estimate of drug-likeness (QED) is 0.262. The summed E-state index contributed by atoms with van der Waals surface area (Å²) in [5.74, 6) is 1.02. The predicted octanol–water partition coefficient (Wildman–Crippen LogP) is 5.68. The standard InChI is InChI=1S/C32H28N4O4S/c1-21-10-12-26(30(37)31-34-27-13-11-22(19-33)17-28(27)35-31)25-14-16-36(29(21)25)41(38,39)32(2)15-6-7-23(18-32)20-40-24-8-4-3-5-9-24/h3-14,16-18,30,37H,15,20H2,1-2H3,(H,34,35). The van der Waals surface area contributed by atoms with Gasteiger partial charge in [0.05, 0.1) is 28.2 Å². The molecule has 6 rings (SSSR count). The van der Waals surface area contributed by atoms with Crippen molar-refractivity contribution in [1.29, 1.82) is 5.26 Å². The van der Waals surface area contributed by atoms with E-state index in [-0.39, 0.29) is 6.61 Å². The summed E-state index contributed by atoms with van der Waals surface area (Å²) < 4.78 is 34.4. The van der Waals surface area contributed by atoms with Crippen LogP contribution in [0.2, 0.25) is 0 Å². The first-order chi connectivity index (χ1) is 19.7. The van der Waals surface area contributed by atoms with Crippen molar-refractivity contribution in [2.45, 2.75) is 31.1 Å². The van der Waals surface area contributed by atoms with E-state index < -0.39 is 20.9 Å². The van der Waals surface area contributed by atoms with Gasteiger partial charge in [0.1, 0.15) is 29.0 Å². The number of rotatable bonds is 7. The average molecular weight is 565 g/mol. The van der Waals surface area contributed by atoms with Crippen molar-refractivity contribution < 1.29 is 18.3 Å². The Labute approximate surface area is 237 Å². The number of aromatic nitrogens is 3. The highest BCUT2D eigenvalue weighted by atomic mass is 32.2. The highest BCUT2D eigenvalue weighted by Gasteiger charge is 2.40. The number of nitrogens with zero attached hydrogens (tertiary/aromatic N) is 3. The number of benzene rings is 3. The lowest BCUT2D eigenvalue weighted by Crippen LogP contribution is -2.38. The summed E-state index contributed by atoms with van der Waals surface area (Å²) in [5.41, 5.74) is 4.32. The van der Waals surface area contributed by atoms with Gasteiger partial charge in [0.15, 0.2) is 0 Å². The second kappa shape index (κ2) is 10.1. The molecule has 0 radical (unpaired) electrons. The van der Waals surface area contributed by atoms with Gasteiger partial charge in [-0.25, -0.2) is 17.4 Å². The van der Waals surface area contributed by atoms with Crippen LogP contribution < -0.4 is 4.74 Å². The first-order valence-corrected chi connectivity index (χ1v) is 14.6. The molecule has 0 saturated heterocycles. The minimum absolute atomic E-state index is 0.251. The number of fused-ring (bicyclic) bond motifs is 2. The monoisotopic (exact) mass is 564 g/mol. The summed E-state index contributed by atoms with van der Waals surface area (Å²) in [7, 11) is -3.92. The first kappa shape index (κ1) is 26.6. The SMILES string of the molecule is Cc1ccc(C(O)c2nc3ccc(C#N)cc3[nH]2)c2ccn(S(=O)(=O)C3(C)C=C(COc4ccccc4)C=CC3)c12. The van der Waals surface area contributed by atoms with Crippen LogP contribution in [0.1, 0.15) is 42.0 Å². The Kier molecular flexibility index (Phi) is 6.53. The molecule has 2 atom stereocenters. The molecule has 0 fully saturated rings. The lowest BCUT2D eigenvalue weighted by atomic mass is 9.97. The molecule has 2 aromatic heterocycles. The Hall–Kier alpha value is -4.65. The number of allylic oxidation sites excluding steroid dienone is 1. The van der Waals surface area contributed by atoms with Gasteiger partial charge in [0, 0.05) is 11.6 Å². The van der Waals surface area contributed by atoms with Gasteiger partial charge in [-0.15, -0.1) is 0 Å². The van der Waals surface area contributed by atoms with E-state index >= 15 is 0 Å². The molecular formula is C32H28N4O4S. The molecule has 0 aliphatic heterocycles. The van der Waals surface area contributed by atoms with Crippen LogP contribution in [0.25, 0.3) is 21.9 Å². The van der Waals surface area contributed by atoms with Crippen LogP contribution in [-0.2, 0) is 10.0 Å². The normalized spacial score (nSPS) is 17.9. The zero-order chi connectivity index (χ0) is 28.8. The zero-order valence-corrected chi connectivity index (χ0v) is 23.4. The molecule has 1 aliphatic carbocycles. The molecule has 1 aliphatic rings. The third-order valence-electron chi connectivity index (χ3n) is 7.58. The predicted molar refractivity (Wildman–Crippen MR) is 158 cm³/mol. The number of aromatic amines is 1. The topological polar surface area (TPSA) is 121 Å². The Bertz CT molecular complexity index is 2000. The van der Waals surface area contributed by atoms with E-state index in [1.54, 1.807) is 55.6 Å². The van der Waals surface area contributed by atoms with Crippen molar-refractivity contribution in [1.82, 2.24) is 13.9 Å². The van der Waals surface area contributed by atoms with Gasteiger partial charge < -0.3 is 14.8 Å². The van der Waals surface area contributed by atoms with Crippen molar-refractivity contribution >= 4 is 32.0 Å². The van der Waals surface area contributed by atoms with E-state index in [1.807, 2.05) is 49.4 Å². The molecule has 2 unspecified atom stereocenters. The summed E-state index contributed by atoms with van der Waals surface area (Å²) in [6.07, 6.45) is 6.28. The molecule has 8 nitrogen and oxygen atoms in total. The number of nitrogens with one attached hydrogen (secondary N) is 1. The molecule has 0 amide bonds. The van der Waals surface area contributed by atoms with Crippen molar-refractivity contribution in [2.75, 3.05) is 6.61 Å². The fourth-order valence-corrected chi connectivity index (χ4v) is 7.11. The maximum atomic E-state index is 14.2. The summed E-state index contributed by atoms with van der Waals surface area (Å²) in [6, 6.07) is 21.9. The number of para-hydroxylation sites is 1. The lowest BCUT2D eigenvalue weighted by Gasteiger charge is -2.29. The number of nitriles is 1. The van der Waals surface area contributed by atoms with Crippen LogP contribution in [0.4, 0.5) is 0 Å². The fourth-order valence-electron chi connectivity index (χ4n) is 5.35. The smallest absolute Gasteiger partial charge is 0.248 e. The molecule has 9 heteroatoms. The molecular weight excluding hydrogens is 536 g/mol. The number of aliphatic hydroxyl groups excluding tert-OH is 1. The maximum absolute atomic E-state index is 14.2. The van der Waals surface area contributed by atoms with Crippen molar-refractivity contribution in [3.05, 3.63) is 119 Å². The summed E-state index contributed by atoms with van der Waals surface area (Å²) in [5, 5.41) is 21.2. The first-order valence-electron chi connectivity index (χ1n) is 13.2. The van der Waals surface area contributed by atoms with Gasteiger partial charge in [-0.2, -0.15) is 5.26 Å². The molecule has 0 saturated carbocycles. The van der Waals surface area contributed by atoms with Crippen LogP contribution in [-0.4, -0.2) is 38.8 Å². The molecule has 3 aromatic carbocycles. The number of aliphatic hydroxyl groups is 1. The molecule has 2 N–H and O–H groups in total. The summed E-state index contributed by atoms with van der Waals surface area (Å²) >= 11 is 0. The second-order valence-corrected chi connectivity index (χ2v) is 12.7. The molecule has 5 aromatic rings. The maximum Gasteiger partial charge on any atom is 0.248 e. The Balaban J connectivity index is 1.36. The highest BCUT2D eigenvalue weighted by molar-refractivity contribution is 7.91. The van der Waals surface area contributed by atoms with Crippen molar-refractivity contribution in [3.63, 3.8) is 0 Å². The van der Waals surface area contributed by atoms with E-state index in [2.05, 4.69) is 16.0 Å². The summed E-state index contributed by atoms with van der Waals surface area (Å²) in [4.78, 5) is 7.62. The second-order valence-electron chi connectivity index (χ2n) is 10.5. The van der Waals surface area contributed by atoms with Crippen LogP contribution in [0.3, 0.4) is 0 Å². The third kappa shape index (κ3) is 4.61. The van der Waals surface area contributed by atoms with Crippen molar-refractivity contribution in [3.8, 4) is 11.8 Å². The van der Waals surface area contributed by atoms with E-state index in [0.717, 1.165) is 11.1 Å². The number of ether oxygens (including phenoxy) is 1. The molecule has 2 heterocycles. The van der Waals surface area contributed by atoms with Crippen molar-refractivity contribution in [2.24, 2.45) is 0 Å².